The van der Waals surface area contributed by atoms with E-state index in [0.29, 0.717) is 13.2 Å². The van der Waals surface area contributed by atoms with Gasteiger partial charge in [-0.25, -0.2) is 9.59 Å². The van der Waals surface area contributed by atoms with Crippen LogP contribution >= 0.6 is 0 Å². The summed E-state index contributed by atoms with van der Waals surface area (Å²) in [6.07, 6.45) is 5.38. The lowest BCUT2D eigenvalue weighted by Gasteiger charge is -2.08. The third-order valence-electron chi connectivity index (χ3n) is 2.99. The maximum Gasteiger partial charge on any atom is 0.344 e. The molecule has 0 radical (unpaired) electrons. The second-order valence-corrected chi connectivity index (χ2v) is 5.21. The van der Waals surface area contributed by atoms with Crippen LogP contribution in [0.1, 0.15) is 58.8 Å². The van der Waals surface area contributed by atoms with Gasteiger partial charge in [0.2, 0.25) is 0 Å². The summed E-state index contributed by atoms with van der Waals surface area (Å²) in [6.45, 7) is 7.73. The molecule has 0 aliphatic heterocycles. The third kappa shape index (κ3) is 12.4. The highest BCUT2D eigenvalue weighted by atomic mass is 16.6. The van der Waals surface area contributed by atoms with Gasteiger partial charge in [-0.2, -0.15) is 0 Å². The molecule has 0 N–H and O–H groups in total. The topological polar surface area (TPSA) is 78.9 Å². The zero-order valence-electron chi connectivity index (χ0n) is 14.2. The number of rotatable bonds is 13. The first-order chi connectivity index (χ1) is 11.0. The third-order valence-corrected chi connectivity index (χ3v) is 2.99. The maximum atomic E-state index is 11.5. The molecule has 0 aliphatic rings. The summed E-state index contributed by atoms with van der Waals surface area (Å²) in [5.74, 6) is -1.91. The van der Waals surface area contributed by atoms with Crippen LogP contribution in [0.3, 0.4) is 0 Å². The SMILES string of the molecule is C=C(CC(=O)OCC(=O)OCCCCCC)C(=O)OCCCC. The van der Waals surface area contributed by atoms with Crippen molar-refractivity contribution < 1.29 is 28.6 Å². The fourth-order valence-electron chi connectivity index (χ4n) is 1.60. The molecule has 0 saturated carbocycles. The molecule has 23 heavy (non-hydrogen) atoms. The lowest BCUT2D eigenvalue weighted by Crippen LogP contribution is -2.19. The molecule has 0 rings (SSSR count). The number of hydrogen-bond donors (Lipinski definition) is 0. The molecule has 132 valence electrons. The average Bonchev–Trinajstić information content (AvgIpc) is 2.52. The quantitative estimate of drug-likeness (QED) is 0.224. The first kappa shape index (κ1) is 21.1. The summed E-state index contributed by atoms with van der Waals surface area (Å²) in [6, 6.07) is 0. The highest BCUT2D eigenvalue weighted by molar-refractivity contribution is 5.93. The molecule has 0 spiro atoms. The normalized spacial score (nSPS) is 10.0. The van der Waals surface area contributed by atoms with E-state index in [-0.39, 0.29) is 12.0 Å². The molecule has 0 aliphatic carbocycles. The Morgan fingerprint density at radius 1 is 0.783 bits per heavy atom. The van der Waals surface area contributed by atoms with E-state index in [1.807, 2.05) is 6.92 Å². The van der Waals surface area contributed by atoms with Crippen LogP contribution in [-0.4, -0.2) is 37.7 Å². The van der Waals surface area contributed by atoms with Gasteiger partial charge in [0, 0.05) is 5.57 Å². The molecule has 0 aromatic carbocycles. The number of unbranched alkanes of at least 4 members (excludes halogenated alkanes) is 4. The van der Waals surface area contributed by atoms with Gasteiger partial charge in [-0.15, -0.1) is 0 Å². The Kier molecular flexibility index (Phi) is 12.7. The van der Waals surface area contributed by atoms with Gasteiger partial charge in [0.15, 0.2) is 6.61 Å². The Morgan fingerprint density at radius 3 is 2.09 bits per heavy atom. The largest absolute Gasteiger partial charge is 0.463 e. The Morgan fingerprint density at radius 2 is 1.43 bits per heavy atom. The summed E-state index contributed by atoms with van der Waals surface area (Å²) in [5.41, 5.74) is 0.0130. The summed E-state index contributed by atoms with van der Waals surface area (Å²) in [4.78, 5) is 34.4. The lowest BCUT2D eigenvalue weighted by atomic mass is 10.2. The molecule has 0 fully saturated rings. The molecule has 6 nitrogen and oxygen atoms in total. The van der Waals surface area contributed by atoms with Crippen LogP contribution in [0.4, 0.5) is 0 Å². The second kappa shape index (κ2) is 13.8. The molecule has 0 bridgehead atoms. The van der Waals surface area contributed by atoms with E-state index in [9.17, 15) is 14.4 Å². The molecular formula is C17H28O6. The summed E-state index contributed by atoms with van der Waals surface area (Å²) in [5, 5.41) is 0. The van der Waals surface area contributed by atoms with E-state index in [0.717, 1.165) is 38.5 Å². The van der Waals surface area contributed by atoms with E-state index in [1.165, 1.54) is 0 Å². The van der Waals surface area contributed by atoms with Gasteiger partial charge >= 0.3 is 17.9 Å². The zero-order chi connectivity index (χ0) is 17.5. The minimum atomic E-state index is -0.703. The van der Waals surface area contributed by atoms with Crippen molar-refractivity contribution in [2.45, 2.75) is 58.8 Å². The molecular weight excluding hydrogens is 300 g/mol. The van der Waals surface area contributed by atoms with Crippen LogP contribution in [-0.2, 0) is 28.6 Å². The van der Waals surface area contributed by atoms with Crippen molar-refractivity contribution >= 4 is 17.9 Å². The fourth-order valence-corrected chi connectivity index (χ4v) is 1.60. The van der Waals surface area contributed by atoms with Crippen LogP contribution in [0.2, 0.25) is 0 Å². The van der Waals surface area contributed by atoms with Gasteiger partial charge < -0.3 is 14.2 Å². The van der Waals surface area contributed by atoms with E-state index >= 15 is 0 Å². The van der Waals surface area contributed by atoms with E-state index in [2.05, 4.69) is 13.5 Å². The standard InChI is InChI=1S/C17H28O6/c1-4-6-8-9-11-21-16(19)13-23-15(18)12-14(3)17(20)22-10-7-5-2/h3-13H2,1-2H3. The Labute approximate surface area is 138 Å². The molecule has 0 unspecified atom stereocenters. The van der Waals surface area contributed by atoms with E-state index in [1.54, 1.807) is 0 Å². The van der Waals surface area contributed by atoms with Gasteiger partial charge in [-0.3, -0.25) is 4.79 Å². The minimum absolute atomic E-state index is 0.0130. The van der Waals surface area contributed by atoms with Gasteiger partial charge in [0.25, 0.3) is 0 Å². The van der Waals surface area contributed by atoms with Gasteiger partial charge in [-0.1, -0.05) is 46.1 Å². The average molecular weight is 328 g/mol. The van der Waals surface area contributed by atoms with Gasteiger partial charge in [0.1, 0.15) is 0 Å². The number of hydrogen-bond acceptors (Lipinski definition) is 6. The van der Waals surface area contributed by atoms with Crippen LogP contribution < -0.4 is 0 Å². The molecule has 0 saturated heterocycles. The smallest absolute Gasteiger partial charge is 0.344 e. The summed E-state index contributed by atoms with van der Waals surface area (Å²) >= 11 is 0. The predicted octanol–water partition coefficient (Wildman–Crippen LogP) is 2.94. The van der Waals surface area contributed by atoms with Crippen LogP contribution in [0, 0.1) is 0 Å². The molecule has 6 heteroatoms. The van der Waals surface area contributed by atoms with E-state index < -0.39 is 24.5 Å². The first-order valence-corrected chi connectivity index (χ1v) is 8.17. The minimum Gasteiger partial charge on any atom is -0.463 e. The summed E-state index contributed by atoms with van der Waals surface area (Å²) < 4.78 is 14.6. The maximum absolute atomic E-state index is 11.5. The molecule has 0 atom stereocenters. The van der Waals surface area contributed by atoms with E-state index in [4.69, 9.17) is 14.2 Å². The molecule has 0 heterocycles. The molecule has 0 aromatic heterocycles. The summed E-state index contributed by atoms with van der Waals surface area (Å²) in [7, 11) is 0. The highest BCUT2D eigenvalue weighted by Gasteiger charge is 2.15. The number of ether oxygens (including phenoxy) is 3. The van der Waals surface area contributed by atoms with Gasteiger partial charge in [-0.05, 0) is 12.8 Å². The fraction of sp³-hybridized carbons (Fsp3) is 0.706. The van der Waals surface area contributed by atoms with Crippen molar-refractivity contribution in [1.29, 1.82) is 0 Å². The van der Waals surface area contributed by atoms with Crippen LogP contribution in [0.25, 0.3) is 0 Å². The van der Waals surface area contributed by atoms with Crippen molar-refractivity contribution in [3.63, 3.8) is 0 Å². The van der Waals surface area contributed by atoms with Crippen molar-refractivity contribution in [2.24, 2.45) is 0 Å². The van der Waals surface area contributed by atoms with Crippen molar-refractivity contribution in [3.8, 4) is 0 Å². The number of carbonyl (C=O) groups is 3. The van der Waals surface area contributed by atoms with Crippen molar-refractivity contribution in [1.82, 2.24) is 0 Å². The monoisotopic (exact) mass is 328 g/mol. The lowest BCUT2D eigenvalue weighted by molar-refractivity contribution is -0.158. The number of carbonyl (C=O) groups excluding carboxylic acids is 3. The predicted molar refractivity (Wildman–Crippen MR) is 85.7 cm³/mol. The van der Waals surface area contributed by atoms with Crippen LogP contribution in [0.5, 0.6) is 0 Å². The number of esters is 3. The Balaban J connectivity index is 3.78. The van der Waals surface area contributed by atoms with Crippen molar-refractivity contribution in [3.05, 3.63) is 12.2 Å². The van der Waals surface area contributed by atoms with Crippen LogP contribution in [0.15, 0.2) is 12.2 Å². The second-order valence-electron chi connectivity index (χ2n) is 5.21. The van der Waals surface area contributed by atoms with Crippen molar-refractivity contribution in [2.75, 3.05) is 19.8 Å². The zero-order valence-corrected chi connectivity index (χ0v) is 14.2. The van der Waals surface area contributed by atoms with Gasteiger partial charge in [0.05, 0.1) is 19.6 Å². The highest BCUT2D eigenvalue weighted by Crippen LogP contribution is 2.04. The molecule has 0 amide bonds. The first-order valence-electron chi connectivity index (χ1n) is 8.17. The Bertz CT molecular complexity index is 389. The Hall–Kier alpha value is -1.85. The molecule has 0 aromatic rings.